The standard InChI is InChI=1S/C17H12Cl2FN3O2S2/c1-25-14-11(18)6-10(7-12(14)19)15(24)21-16-22-23-17(27-16)26-8-9-4-2-3-5-13(9)20/h2-7H,8H2,1H3,(H,21,22,24). The summed E-state index contributed by atoms with van der Waals surface area (Å²) < 4.78 is 19.3. The molecule has 27 heavy (non-hydrogen) atoms. The molecule has 0 radical (unpaired) electrons. The Bertz CT molecular complexity index is 961. The Morgan fingerprint density at radius 3 is 2.63 bits per heavy atom. The number of rotatable bonds is 6. The molecular weight excluding hydrogens is 432 g/mol. The van der Waals surface area contributed by atoms with Gasteiger partial charge in [-0.1, -0.05) is 64.5 Å². The minimum atomic E-state index is -0.428. The first-order valence-corrected chi connectivity index (χ1v) is 10.1. The van der Waals surface area contributed by atoms with Crippen molar-refractivity contribution in [1.29, 1.82) is 0 Å². The van der Waals surface area contributed by atoms with Gasteiger partial charge in [-0.2, -0.15) is 0 Å². The van der Waals surface area contributed by atoms with E-state index in [9.17, 15) is 9.18 Å². The van der Waals surface area contributed by atoms with E-state index in [-0.39, 0.29) is 21.4 Å². The van der Waals surface area contributed by atoms with Crippen LogP contribution < -0.4 is 10.1 Å². The molecule has 2 aromatic carbocycles. The van der Waals surface area contributed by atoms with Crippen LogP contribution >= 0.6 is 46.3 Å². The quantitative estimate of drug-likeness (QED) is 0.400. The van der Waals surface area contributed by atoms with Gasteiger partial charge in [0.05, 0.1) is 17.2 Å². The monoisotopic (exact) mass is 443 g/mol. The SMILES string of the molecule is COc1c(Cl)cc(C(=O)Nc2nnc(SCc3ccccc3F)s2)cc1Cl. The van der Waals surface area contributed by atoms with Gasteiger partial charge in [-0.05, 0) is 23.8 Å². The second-order valence-corrected chi connectivity index (χ2v) is 8.19. The average molecular weight is 444 g/mol. The van der Waals surface area contributed by atoms with Gasteiger partial charge >= 0.3 is 0 Å². The van der Waals surface area contributed by atoms with Gasteiger partial charge in [-0.15, -0.1) is 10.2 Å². The van der Waals surface area contributed by atoms with Gasteiger partial charge in [-0.25, -0.2) is 4.39 Å². The molecule has 10 heteroatoms. The Labute approximate surface area is 172 Å². The number of aromatic nitrogens is 2. The van der Waals surface area contributed by atoms with Crippen molar-refractivity contribution in [3.63, 3.8) is 0 Å². The van der Waals surface area contributed by atoms with E-state index in [1.54, 1.807) is 18.2 Å². The summed E-state index contributed by atoms with van der Waals surface area (Å²) in [5.41, 5.74) is 0.840. The first-order chi connectivity index (χ1) is 13.0. The lowest BCUT2D eigenvalue weighted by Crippen LogP contribution is -2.12. The van der Waals surface area contributed by atoms with Crippen LogP contribution in [0.2, 0.25) is 10.0 Å². The van der Waals surface area contributed by atoms with Crippen molar-refractivity contribution in [2.24, 2.45) is 0 Å². The summed E-state index contributed by atoms with van der Waals surface area (Å²) in [6.45, 7) is 0. The van der Waals surface area contributed by atoms with Crippen molar-refractivity contribution in [3.8, 4) is 5.75 Å². The number of amides is 1. The van der Waals surface area contributed by atoms with E-state index in [4.69, 9.17) is 27.9 Å². The van der Waals surface area contributed by atoms with Crippen LogP contribution in [-0.2, 0) is 5.75 Å². The zero-order valence-corrected chi connectivity index (χ0v) is 17.0. The van der Waals surface area contributed by atoms with Gasteiger partial charge in [-0.3, -0.25) is 10.1 Å². The van der Waals surface area contributed by atoms with Crippen LogP contribution in [0.1, 0.15) is 15.9 Å². The lowest BCUT2D eigenvalue weighted by molar-refractivity contribution is 0.102. The Hall–Kier alpha value is -1.87. The number of hydrogen-bond acceptors (Lipinski definition) is 6. The number of thioether (sulfide) groups is 1. The van der Waals surface area contributed by atoms with Gasteiger partial charge in [0.2, 0.25) is 5.13 Å². The maximum atomic E-state index is 13.6. The molecule has 1 heterocycles. The van der Waals surface area contributed by atoms with Crippen LogP contribution in [0.5, 0.6) is 5.75 Å². The summed E-state index contributed by atoms with van der Waals surface area (Å²) >= 11 is 14.6. The van der Waals surface area contributed by atoms with Crippen molar-refractivity contribution in [1.82, 2.24) is 10.2 Å². The van der Waals surface area contributed by atoms with Gasteiger partial charge in [0, 0.05) is 11.3 Å². The maximum Gasteiger partial charge on any atom is 0.257 e. The molecule has 5 nitrogen and oxygen atoms in total. The minimum Gasteiger partial charge on any atom is -0.494 e. The fourth-order valence-electron chi connectivity index (χ4n) is 2.13. The van der Waals surface area contributed by atoms with Gasteiger partial charge in [0.25, 0.3) is 5.91 Å². The predicted octanol–water partition coefficient (Wildman–Crippen LogP) is 5.54. The number of methoxy groups -OCH3 is 1. The smallest absolute Gasteiger partial charge is 0.257 e. The summed E-state index contributed by atoms with van der Waals surface area (Å²) in [5.74, 6) is 0.0241. The Kier molecular flexibility index (Phi) is 6.54. The molecule has 0 bridgehead atoms. The highest BCUT2D eigenvalue weighted by Crippen LogP contribution is 2.34. The third-order valence-corrected chi connectivity index (χ3v) is 5.98. The molecule has 0 fully saturated rings. The van der Waals surface area contributed by atoms with E-state index >= 15 is 0 Å². The Morgan fingerprint density at radius 2 is 1.96 bits per heavy atom. The van der Waals surface area contributed by atoms with Crippen molar-refractivity contribution in [2.45, 2.75) is 10.1 Å². The summed E-state index contributed by atoms with van der Waals surface area (Å²) in [7, 11) is 1.44. The molecule has 0 aliphatic heterocycles. The number of anilines is 1. The normalized spacial score (nSPS) is 10.7. The first kappa shape index (κ1) is 19.9. The number of nitrogens with zero attached hydrogens (tertiary/aromatic N) is 2. The summed E-state index contributed by atoms with van der Waals surface area (Å²) in [6.07, 6.45) is 0. The molecule has 0 saturated heterocycles. The zero-order chi connectivity index (χ0) is 19.4. The fraction of sp³-hybridized carbons (Fsp3) is 0.118. The molecule has 3 rings (SSSR count). The number of hydrogen-bond donors (Lipinski definition) is 1. The van der Waals surface area contributed by atoms with Crippen LogP contribution in [0.3, 0.4) is 0 Å². The number of ether oxygens (including phenoxy) is 1. The zero-order valence-electron chi connectivity index (χ0n) is 13.8. The molecule has 0 aliphatic rings. The van der Waals surface area contributed by atoms with Crippen LogP contribution in [0.15, 0.2) is 40.7 Å². The largest absolute Gasteiger partial charge is 0.494 e. The predicted molar refractivity (Wildman–Crippen MR) is 107 cm³/mol. The highest BCUT2D eigenvalue weighted by atomic mass is 35.5. The molecule has 0 atom stereocenters. The van der Waals surface area contributed by atoms with Gasteiger partial charge < -0.3 is 4.74 Å². The Morgan fingerprint density at radius 1 is 1.26 bits per heavy atom. The molecule has 1 amide bonds. The topological polar surface area (TPSA) is 64.1 Å². The molecular formula is C17H12Cl2FN3O2S2. The molecule has 0 spiro atoms. The van der Waals surface area contributed by atoms with Crippen molar-refractivity contribution in [3.05, 3.63) is 63.4 Å². The average Bonchev–Trinajstić information content (AvgIpc) is 3.08. The highest BCUT2D eigenvalue weighted by Gasteiger charge is 2.15. The summed E-state index contributed by atoms with van der Waals surface area (Å²) in [6, 6.07) is 9.44. The van der Waals surface area contributed by atoms with E-state index in [0.717, 1.165) is 0 Å². The minimum absolute atomic E-state index is 0.230. The van der Waals surface area contributed by atoms with Crippen LogP contribution in [0.4, 0.5) is 9.52 Å². The number of carbonyl (C=O) groups excluding carboxylic acids is 1. The van der Waals surface area contributed by atoms with Crippen LogP contribution in [0.25, 0.3) is 0 Å². The van der Waals surface area contributed by atoms with Crippen LogP contribution in [-0.4, -0.2) is 23.2 Å². The van der Waals surface area contributed by atoms with Gasteiger partial charge in [0.15, 0.2) is 10.1 Å². The molecule has 0 aliphatic carbocycles. The van der Waals surface area contributed by atoms with E-state index in [2.05, 4.69) is 15.5 Å². The maximum absolute atomic E-state index is 13.6. The van der Waals surface area contributed by atoms with E-state index in [1.807, 2.05) is 0 Å². The van der Waals surface area contributed by atoms with Crippen molar-refractivity contribution >= 4 is 57.3 Å². The van der Waals surface area contributed by atoms with Gasteiger partial charge in [0.1, 0.15) is 5.82 Å². The summed E-state index contributed by atoms with van der Waals surface area (Å²) in [5, 5.41) is 11.3. The first-order valence-electron chi connectivity index (χ1n) is 7.52. The Balaban J connectivity index is 1.65. The lowest BCUT2D eigenvalue weighted by atomic mass is 10.2. The summed E-state index contributed by atoms with van der Waals surface area (Å²) in [4.78, 5) is 12.4. The van der Waals surface area contributed by atoms with E-state index in [1.165, 1.54) is 48.4 Å². The lowest BCUT2D eigenvalue weighted by Gasteiger charge is -2.08. The second kappa shape index (κ2) is 8.88. The molecule has 1 aromatic heterocycles. The molecule has 0 unspecified atom stereocenters. The van der Waals surface area contributed by atoms with Crippen LogP contribution in [0, 0.1) is 5.82 Å². The van der Waals surface area contributed by atoms with Crippen molar-refractivity contribution < 1.29 is 13.9 Å². The third-order valence-electron chi connectivity index (χ3n) is 3.40. The second-order valence-electron chi connectivity index (χ2n) is 5.18. The highest BCUT2D eigenvalue weighted by molar-refractivity contribution is 8.00. The van der Waals surface area contributed by atoms with Crippen molar-refractivity contribution in [2.75, 3.05) is 12.4 Å². The molecule has 1 N–H and O–H groups in total. The van der Waals surface area contributed by atoms with E-state index in [0.29, 0.717) is 26.5 Å². The molecule has 3 aromatic rings. The third kappa shape index (κ3) is 4.90. The molecule has 140 valence electrons. The number of benzene rings is 2. The number of halogens is 3. The fourth-order valence-corrected chi connectivity index (χ4v) is 4.50. The number of nitrogens with one attached hydrogen (secondary N) is 1. The van der Waals surface area contributed by atoms with E-state index < -0.39 is 5.91 Å². The number of carbonyl (C=O) groups is 1. The molecule has 0 saturated carbocycles.